The van der Waals surface area contributed by atoms with Gasteiger partial charge in [0.1, 0.15) is 5.75 Å². The minimum absolute atomic E-state index is 0.0180. The number of hydrogen-bond donors (Lipinski definition) is 2. The van der Waals surface area contributed by atoms with Gasteiger partial charge in [-0.05, 0) is 43.0 Å². The Morgan fingerprint density at radius 2 is 1.82 bits per heavy atom. The molecule has 1 atom stereocenters. The molecule has 1 aromatic rings. The maximum atomic E-state index is 11.3. The second-order valence-corrected chi connectivity index (χ2v) is 4.50. The van der Waals surface area contributed by atoms with Crippen LogP contribution in [0, 0.1) is 0 Å². The molecule has 1 aromatic carbocycles. The summed E-state index contributed by atoms with van der Waals surface area (Å²) in [5, 5.41) is 18.6. The van der Waals surface area contributed by atoms with Gasteiger partial charge in [0.15, 0.2) is 5.78 Å². The van der Waals surface area contributed by atoms with Crippen LogP contribution in [0.4, 0.5) is 0 Å². The first-order chi connectivity index (χ1) is 8.13. The van der Waals surface area contributed by atoms with E-state index in [1.54, 1.807) is 18.2 Å². The lowest BCUT2D eigenvalue weighted by Gasteiger charge is -2.17. The minimum Gasteiger partial charge on any atom is -0.508 e. The molecule has 0 saturated heterocycles. The molecule has 17 heavy (non-hydrogen) atoms. The van der Waals surface area contributed by atoms with Crippen molar-refractivity contribution in [1.82, 2.24) is 0 Å². The summed E-state index contributed by atoms with van der Waals surface area (Å²) in [5.74, 6) is 0.278. The number of aromatic hydroxyl groups is 1. The molecule has 0 spiro atoms. The molecular weight excluding hydrogens is 216 g/mol. The predicted molar refractivity (Wildman–Crippen MR) is 64.8 cm³/mol. The van der Waals surface area contributed by atoms with Gasteiger partial charge in [0, 0.05) is 6.42 Å². The Bertz CT molecular complexity index is 431. The van der Waals surface area contributed by atoms with Crippen molar-refractivity contribution in [1.29, 1.82) is 0 Å². The van der Waals surface area contributed by atoms with Gasteiger partial charge in [0.25, 0.3) is 0 Å². The molecule has 2 N–H and O–H groups in total. The third-order valence-corrected chi connectivity index (χ3v) is 2.97. The number of aliphatic hydroxyl groups is 1. The second-order valence-electron chi connectivity index (χ2n) is 4.50. The Kier molecular flexibility index (Phi) is 3.59. The van der Waals surface area contributed by atoms with Crippen LogP contribution in [0.5, 0.6) is 5.75 Å². The van der Waals surface area contributed by atoms with E-state index in [4.69, 9.17) is 5.11 Å². The number of benzene rings is 1. The van der Waals surface area contributed by atoms with Crippen molar-refractivity contribution in [2.24, 2.45) is 0 Å². The van der Waals surface area contributed by atoms with Gasteiger partial charge in [-0.1, -0.05) is 17.7 Å². The van der Waals surface area contributed by atoms with Crippen LogP contribution in [0.2, 0.25) is 0 Å². The highest BCUT2D eigenvalue weighted by molar-refractivity contribution is 5.91. The van der Waals surface area contributed by atoms with Gasteiger partial charge in [-0.3, -0.25) is 4.79 Å². The van der Waals surface area contributed by atoms with Gasteiger partial charge in [-0.15, -0.1) is 0 Å². The van der Waals surface area contributed by atoms with E-state index in [1.165, 1.54) is 0 Å². The predicted octanol–water partition coefficient (Wildman–Crippen LogP) is 1.97. The molecule has 90 valence electrons. The smallest absolute Gasteiger partial charge is 0.158 e. The Labute approximate surface area is 100 Å². The van der Waals surface area contributed by atoms with Crippen LogP contribution in [-0.4, -0.2) is 22.1 Å². The lowest BCUT2D eigenvalue weighted by Crippen LogP contribution is -2.18. The van der Waals surface area contributed by atoms with Crippen molar-refractivity contribution in [3.63, 3.8) is 0 Å². The van der Waals surface area contributed by atoms with E-state index in [0.717, 1.165) is 24.0 Å². The molecule has 2 rings (SSSR count). The van der Waals surface area contributed by atoms with Crippen LogP contribution < -0.4 is 0 Å². The number of carbonyl (C=O) groups is 1. The van der Waals surface area contributed by atoms with Gasteiger partial charge in [-0.2, -0.15) is 0 Å². The zero-order valence-corrected chi connectivity index (χ0v) is 9.60. The van der Waals surface area contributed by atoms with Crippen molar-refractivity contribution < 1.29 is 15.0 Å². The standard InChI is InChI=1S/C14H16O3/c15-12-5-3-10(4-6-12)1-2-11-7-13(16)9-14(17)8-11/h3-7,14-15,17H,1-2,8-9H2/t14-/m1/s1. The number of phenolic OH excluding ortho intramolecular Hbond substituents is 1. The number of rotatable bonds is 3. The van der Waals surface area contributed by atoms with E-state index in [0.29, 0.717) is 6.42 Å². The first-order valence-electron chi connectivity index (χ1n) is 5.82. The maximum absolute atomic E-state index is 11.3. The van der Waals surface area contributed by atoms with Gasteiger partial charge in [-0.25, -0.2) is 0 Å². The molecule has 0 aliphatic heterocycles. The highest BCUT2D eigenvalue weighted by atomic mass is 16.3. The van der Waals surface area contributed by atoms with Crippen LogP contribution in [-0.2, 0) is 11.2 Å². The molecule has 0 bridgehead atoms. The average molecular weight is 232 g/mol. The molecular formula is C14H16O3. The molecule has 3 heteroatoms. The van der Waals surface area contributed by atoms with Crippen molar-refractivity contribution in [3.05, 3.63) is 41.5 Å². The first kappa shape index (κ1) is 11.9. The van der Waals surface area contributed by atoms with Crippen molar-refractivity contribution in [3.8, 4) is 5.75 Å². The summed E-state index contributed by atoms with van der Waals surface area (Å²) >= 11 is 0. The molecule has 0 radical (unpaired) electrons. The number of aliphatic hydroxyl groups excluding tert-OH is 1. The normalized spacial score (nSPS) is 20.2. The van der Waals surface area contributed by atoms with E-state index in [9.17, 15) is 9.90 Å². The van der Waals surface area contributed by atoms with Crippen LogP contribution in [0.25, 0.3) is 0 Å². The van der Waals surface area contributed by atoms with Crippen molar-refractivity contribution in [2.75, 3.05) is 0 Å². The fourth-order valence-electron chi connectivity index (χ4n) is 2.09. The zero-order chi connectivity index (χ0) is 12.3. The van der Waals surface area contributed by atoms with Gasteiger partial charge < -0.3 is 10.2 Å². The third kappa shape index (κ3) is 3.43. The summed E-state index contributed by atoms with van der Waals surface area (Å²) in [4.78, 5) is 11.3. The van der Waals surface area contributed by atoms with Gasteiger partial charge in [0.2, 0.25) is 0 Å². The third-order valence-electron chi connectivity index (χ3n) is 2.97. The molecule has 1 aliphatic carbocycles. The Balaban J connectivity index is 1.94. The summed E-state index contributed by atoms with van der Waals surface area (Å²) in [6, 6.07) is 7.06. The fourth-order valence-corrected chi connectivity index (χ4v) is 2.09. The van der Waals surface area contributed by atoms with E-state index in [-0.39, 0.29) is 18.0 Å². The fraction of sp³-hybridized carbons (Fsp3) is 0.357. The first-order valence-corrected chi connectivity index (χ1v) is 5.82. The number of phenols is 1. The molecule has 0 fully saturated rings. The number of carbonyl (C=O) groups excluding carboxylic acids is 1. The molecule has 1 aliphatic rings. The summed E-state index contributed by atoms with van der Waals surface area (Å²) in [6.07, 6.45) is 3.61. The Morgan fingerprint density at radius 3 is 2.47 bits per heavy atom. The van der Waals surface area contributed by atoms with Gasteiger partial charge >= 0.3 is 0 Å². The number of aryl methyl sites for hydroxylation is 1. The lowest BCUT2D eigenvalue weighted by atomic mass is 9.92. The van der Waals surface area contributed by atoms with Crippen molar-refractivity contribution in [2.45, 2.75) is 31.8 Å². The summed E-state index contributed by atoms with van der Waals surface area (Å²) in [6.45, 7) is 0. The summed E-state index contributed by atoms with van der Waals surface area (Å²) in [5.41, 5.74) is 2.14. The van der Waals surface area contributed by atoms with Crippen LogP contribution in [0.15, 0.2) is 35.9 Å². The van der Waals surface area contributed by atoms with Crippen LogP contribution >= 0.6 is 0 Å². The molecule has 0 amide bonds. The van der Waals surface area contributed by atoms with E-state index >= 15 is 0 Å². The highest BCUT2D eigenvalue weighted by Gasteiger charge is 2.17. The van der Waals surface area contributed by atoms with E-state index < -0.39 is 6.10 Å². The van der Waals surface area contributed by atoms with Crippen LogP contribution in [0.1, 0.15) is 24.8 Å². The lowest BCUT2D eigenvalue weighted by molar-refractivity contribution is -0.117. The van der Waals surface area contributed by atoms with E-state index in [1.807, 2.05) is 12.1 Å². The van der Waals surface area contributed by atoms with Gasteiger partial charge in [0.05, 0.1) is 6.10 Å². The second kappa shape index (κ2) is 5.15. The Morgan fingerprint density at radius 1 is 1.12 bits per heavy atom. The number of hydrogen-bond acceptors (Lipinski definition) is 3. The van der Waals surface area contributed by atoms with Crippen molar-refractivity contribution >= 4 is 5.78 Å². The number of allylic oxidation sites excluding steroid dienone is 1. The zero-order valence-electron chi connectivity index (χ0n) is 9.60. The number of ketones is 1. The summed E-state index contributed by atoms with van der Waals surface area (Å²) in [7, 11) is 0. The molecule has 0 saturated carbocycles. The largest absolute Gasteiger partial charge is 0.508 e. The maximum Gasteiger partial charge on any atom is 0.158 e. The van der Waals surface area contributed by atoms with E-state index in [2.05, 4.69) is 0 Å². The highest BCUT2D eigenvalue weighted by Crippen LogP contribution is 2.21. The monoisotopic (exact) mass is 232 g/mol. The topological polar surface area (TPSA) is 57.5 Å². The average Bonchev–Trinajstić information content (AvgIpc) is 2.27. The molecule has 0 unspecified atom stereocenters. The minimum atomic E-state index is -0.512. The quantitative estimate of drug-likeness (QED) is 0.837. The molecule has 3 nitrogen and oxygen atoms in total. The molecule has 0 heterocycles. The SMILES string of the molecule is O=C1C=C(CCc2ccc(O)cc2)C[C@@H](O)C1. The molecule has 0 aromatic heterocycles. The Hall–Kier alpha value is -1.61. The van der Waals surface area contributed by atoms with Crippen LogP contribution in [0.3, 0.4) is 0 Å². The summed E-state index contributed by atoms with van der Waals surface area (Å²) < 4.78 is 0.